The van der Waals surface area contributed by atoms with Gasteiger partial charge in [0.25, 0.3) is 0 Å². The van der Waals surface area contributed by atoms with Crippen molar-refractivity contribution >= 4 is 21.5 Å². The van der Waals surface area contributed by atoms with Crippen molar-refractivity contribution in [1.82, 2.24) is 0 Å². The van der Waals surface area contributed by atoms with E-state index >= 15 is 0 Å². The molecule has 0 aromatic carbocycles. The molecule has 0 saturated carbocycles. The van der Waals surface area contributed by atoms with Gasteiger partial charge in [-0.2, -0.15) is 0 Å². The third-order valence-electron chi connectivity index (χ3n) is 1.04. The number of hydrogen-bond acceptors (Lipinski definition) is 4. The fourth-order valence-corrected chi connectivity index (χ4v) is 2.37. The zero-order valence-electron chi connectivity index (χ0n) is 6.20. The van der Waals surface area contributed by atoms with Gasteiger partial charge in [0.1, 0.15) is 14.3 Å². The van der Waals surface area contributed by atoms with E-state index in [1.165, 1.54) is 0 Å². The summed E-state index contributed by atoms with van der Waals surface area (Å²) in [5.41, 5.74) is 0.528. The summed E-state index contributed by atoms with van der Waals surface area (Å²) < 4.78 is 31.0. The first kappa shape index (κ1) is 11.6. The molecule has 0 aliphatic carbocycles. The van der Waals surface area contributed by atoms with Crippen molar-refractivity contribution in [3.8, 4) is 0 Å². The van der Waals surface area contributed by atoms with Crippen LogP contribution in [0.2, 0.25) is 0 Å². The van der Waals surface area contributed by atoms with Crippen LogP contribution in [0.3, 0.4) is 0 Å². The molecule has 6 heteroatoms. The van der Waals surface area contributed by atoms with E-state index in [2.05, 4.69) is 0 Å². The van der Waals surface area contributed by atoms with E-state index in [9.17, 15) is 13.0 Å². The minimum absolute atomic E-state index is 0. The molecule has 0 saturated heterocycles. The molecule has 0 fully saturated rings. The molecule has 0 unspecified atom stereocenters. The molecular weight excluding hydrogens is 195 g/mol. The van der Waals surface area contributed by atoms with Gasteiger partial charge in [0.05, 0.1) is 0 Å². The smallest absolute Gasteiger partial charge is 0.743 e. The first-order chi connectivity index (χ1) is 4.52. The predicted octanol–water partition coefficient (Wildman–Crippen LogP) is -2.04. The Kier molecular flexibility index (Phi) is 4.24. The second-order valence-corrected chi connectivity index (χ2v) is 4.34. The summed E-state index contributed by atoms with van der Waals surface area (Å²) >= 11 is 0.956. The summed E-state index contributed by atoms with van der Waals surface area (Å²) in [5.74, 6) is 0. The van der Waals surface area contributed by atoms with Crippen LogP contribution in [0.15, 0.2) is 15.7 Å². The van der Waals surface area contributed by atoms with Gasteiger partial charge in [-0.25, -0.2) is 8.42 Å². The van der Waals surface area contributed by atoms with E-state index in [0.29, 0.717) is 5.56 Å². The Bertz CT molecular complexity index is 327. The van der Waals surface area contributed by atoms with Crippen molar-refractivity contribution in [2.24, 2.45) is 0 Å². The molecule has 56 valence electrons. The molecular formula is C5H5NaO3S2. The van der Waals surface area contributed by atoms with Crippen molar-refractivity contribution in [2.75, 3.05) is 0 Å². The quantitative estimate of drug-likeness (QED) is 0.388. The molecule has 0 bridgehead atoms. The van der Waals surface area contributed by atoms with Crippen molar-refractivity contribution in [2.45, 2.75) is 11.1 Å². The average Bonchev–Trinajstić information content (AvgIpc) is 2.11. The summed E-state index contributed by atoms with van der Waals surface area (Å²) in [6.07, 6.45) is 0. The maximum atomic E-state index is 10.4. The second kappa shape index (κ2) is 4.02. The van der Waals surface area contributed by atoms with Crippen molar-refractivity contribution < 1.29 is 42.5 Å². The van der Waals surface area contributed by atoms with Gasteiger partial charge >= 0.3 is 29.6 Å². The molecule has 0 aliphatic heterocycles. The summed E-state index contributed by atoms with van der Waals surface area (Å²) in [7, 11) is -4.22. The van der Waals surface area contributed by atoms with Crippen LogP contribution in [-0.2, 0) is 10.1 Å². The molecule has 0 N–H and O–H groups in total. The SMILES string of the molecule is Cc1ccsc1S(=O)(=O)[O-].[Na+]. The topological polar surface area (TPSA) is 57.2 Å². The van der Waals surface area contributed by atoms with Crippen molar-refractivity contribution in [1.29, 1.82) is 0 Å². The molecule has 1 rings (SSSR count). The van der Waals surface area contributed by atoms with Crippen LogP contribution in [-0.4, -0.2) is 13.0 Å². The van der Waals surface area contributed by atoms with Crippen LogP contribution < -0.4 is 29.6 Å². The van der Waals surface area contributed by atoms with Gasteiger partial charge in [-0.3, -0.25) is 0 Å². The Morgan fingerprint density at radius 2 is 2.09 bits per heavy atom. The Balaban J connectivity index is 0.000001000. The molecule has 0 amide bonds. The van der Waals surface area contributed by atoms with E-state index in [1.807, 2.05) is 0 Å². The fraction of sp³-hybridized carbons (Fsp3) is 0.200. The number of rotatable bonds is 1. The van der Waals surface area contributed by atoms with E-state index in [0.717, 1.165) is 11.3 Å². The molecule has 0 radical (unpaired) electrons. The second-order valence-electron chi connectivity index (χ2n) is 1.85. The fourth-order valence-electron chi connectivity index (χ4n) is 0.615. The van der Waals surface area contributed by atoms with Gasteiger partial charge in [-0.05, 0) is 23.9 Å². The van der Waals surface area contributed by atoms with Gasteiger partial charge in [0.2, 0.25) is 0 Å². The summed E-state index contributed by atoms with van der Waals surface area (Å²) in [5, 5.41) is 1.58. The first-order valence-corrected chi connectivity index (χ1v) is 4.80. The average molecular weight is 200 g/mol. The van der Waals surface area contributed by atoms with E-state index in [-0.39, 0.29) is 33.8 Å². The minimum atomic E-state index is -4.22. The van der Waals surface area contributed by atoms with Crippen molar-refractivity contribution in [3.63, 3.8) is 0 Å². The van der Waals surface area contributed by atoms with Crippen LogP contribution in [0, 0.1) is 6.92 Å². The monoisotopic (exact) mass is 200 g/mol. The Labute approximate surface area is 91.5 Å². The molecule has 0 atom stereocenters. The van der Waals surface area contributed by atoms with Crippen LogP contribution in [0.4, 0.5) is 0 Å². The summed E-state index contributed by atoms with van der Waals surface area (Å²) in [4.78, 5) is 0. The molecule has 1 aromatic heterocycles. The number of thiophene rings is 1. The van der Waals surface area contributed by atoms with Gasteiger partial charge in [-0.1, -0.05) is 0 Å². The first-order valence-electron chi connectivity index (χ1n) is 2.52. The normalized spacial score (nSPS) is 10.7. The predicted molar refractivity (Wildman–Crippen MR) is 37.0 cm³/mol. The molecule has 1 heterocycles. The van der Waals surface area contributed by atoms with Crippen LogP contribution in [0.25, 0.3) is 0 Å². The molecule has 0 aliphatic rings. The zero-order valence-corrected chi connectivity index (χ0v) is 9.83. The minimum Gasteiger partial charge on any atom is -0.743 e. The largest absolute Gasteiger partial charge is 1.00 e. The third-order valence-corrected chi connectivity index (χ3v) is 3.53. The molecule has 0 spiro atoms. The van der Waals surface area contributed by atoms with Gasteiger partial charge in [0.15, 0.2) is 0 Å². The van der Waals surface area contributed by atoms with Gasteiger partial charge < -0.3 is 4.55 Å². The van der Waals surface area contributed by atoms with Crippen LogP contribution >= 0.6 is 11.3 Å². The maximum absolute atomic E-state index is 10.4. The molecule has 1 aromatic rings. The molecule has 3 nitrogen and oxygen atoms in total. The molecule has 11 heavy (non-hydrogen) atoms. The Hall–Kier alpha value is 0.610. The zero-order chi connectivity index (χ0) is 7.78. The van der Waals surface area contributed by atoms with Crippen LogP contribution in [0.1, 0.15) is 5.56 Å². The summed E-state index contributed by atoms with van der Waals surface area (Å²) in [6.45, 7) is 1.60. The third kappa shape index (κ3) is 2.85. The van der Waals surface area contributed by atoms with Gasteiger partial charge in [0, 0.05) is 0 Å². The van der Waals surface area contributed by atoms with E-state index in [4.69, 9.17) is 0 Å². The Morgan fingerprint density at radius 3 is 2.27 bits per heavy atom. The van der Waals surface area contributed by atoms with Crippen LogP contribution in [0.5, 0.6) is 0 Å². The van der Waals surface area contributed by atoms with E-state index < -0.39 is 10.1 Å². The Morgan fingerprint density at radius 1 is 1.55 bits per heavy atom. The van der Waals surface area contributed by atoms with Crippen molar-refractivity contribution in [3.05, 3.63) is 17.0 Å². The standard InChI is InChI=1S/C5H6O3S2.Na/c1-4-2-3-9-5(4)10(6,7)8;/h2-3H,1H3,(H,6,7,8);/q;+1/p-1. The van der Waals surface area contributed by atoms with Gasteiger partial charge in [-0.15, -0.1) is 11.3 Å². The number of aryl methyl sites for hydroxylation is 1. The summed E-state index contributed by atoms with van der Waals surface area (Å²) in [6, 6.07) is 1.61. The maximum Gasteiger partial charge on any atom is 1.00 e. The number of hydrogen-bond donors (Lipinski definition) is 0. The van der Waals surface area contributed by atoms with E-state index in [1.54, 1.807) is 18.4 Å².